The third-order valence-corrected chi connectivity index (χ3v) is 10.7. The van der Waals surface area contributed by atoms with E-state index in [1.165, 1.54) is 33.0 Å². The van der Waals surface area contributed by atoms with Crippen LogP contribution in [0.25, 0.3) is 94.7 Å². The van der Waals surface area contributed by atoms with Crippen molar-refractivity contribution in [3.8, 4) is 51.0 Å². The fourth-order valence-corrected chi connectivity index (χ4v) is 8.42. The Labute approximate surface area is 312 Å². The number of rotatable bonds is 4. The van der Waals surface area contributed by atoms with E-state index in [0.29, 0.717) is 22.5 Å². The van der Waals surface area contributed by atoms with Crippen LogP contribution in [-0.4, -0.2) is 19.5 Å². The summed E-state index contributed by atoms with van der Waals surface area (Å²) in [5, 5.41) is 4.33. The summed E-state index contributed by atoms with van der Waals surface area (Å²) in [5.74, 6) is 0.568. The van der Waals surface area contributed by atoms with Gasteiger partial charge in [0.05, 0.1) is 29.0 Å². The van der Waals surface area contributed by atoms with Crippen molar-refractivity contribution >= 4 is 43.7 Å². The minimum atomic E-state index is -0.481. The zero-order chi connectivity index (χ0) is 39.6. The zero-order valence-electron chi connectivity index (χ0n) is 33.8. The number of fused-ring (bicyclic) bond motifs is 10. The number of hydrogen-bond acceptors (Lipinski definition) is 4. The van der Waals surface area contributed by atoms with E-state index in [1.54, 1.807) is 0 Å². The van der Waals surface area contributed by atoms with E-state index in [4.69, 9.17) is 21.2 Å². The second-order valence-electron chi connectivity index (χ2n) is 14.0. The maximum absolute atomic E-state index is 8.67. The topological polar surface area (TPSA) is 56.7 Å². The van der Waals surface area contributed by atoms with Crippen LogP contribution in [0.1, 0.15) is 31.8 Å². The number of furan rings is 1. The van der Waals surface area contributed by atoms with Gasteiger partial charge in [-0.2, -0.15) is 0 Å². The summed E-state index contributed by atoms with van der Waals surface area (Å²) >= 11 is 0. The molecule has 53 heavy (non-hydrogen) atoms. The summed E-state index contributed by atoms with van der Waals surface area (Å²) in [6.07, 6.45) is 0. The van der Waals surface area contributed by atoms with E-state index in [2.05, 4.69) is 90.1 Å². The van der Waals surface area contributed by atoms with E-state index in [0.717, 1.165) is 33.1 Å². The number of nitrogens with zero attached hydrogens (tertiary/aromatic N) is 4. The van der Waals surface area contributed by atoms with Crippen LogP contribution >= 0.6 is 0 Å². The summed E-state index contributed by atoms with van der Waals surface area (Å²) in [5.41, 5.74) is 10.9. The van der Waals surface area contributed by atoms with Gasteiger partial charge >= 0.3 is 0 Å². The molecule has 10 aromatic rings. The predicted molar refractivity (Wildman–Crippen MR) is 215 cm³/mol. The smallest absolute Gasteiger partial charge is 0.164 e. The molecule has 0 unspecified atom stereocenters. The maximum atomic E-state index is 8.67. The Kier molecular flexibility index (Phi) is 5.26. The molecule has 11 rings (SSSR count). The SMILES string of the molecule is [2H]c1c([2H])c([2H])c(-c2nc(-c3ccccc3)nc(-c3ccc4c(c3)oc3cccc(-n5c6ccccc6c6c7c(ccc65)-c5ccccc5C7(C)C)c34)n2)c([2H])c1[2H]. The Morgan fingerprint density at radius 1 is 0.547 bits per heavy atom. The lowest BCUT2D eigenvalue weighted by Crippen LogP contribution is -2.15. The van der Waals surface area contributed by atoms with Gasteiger partial charge in [-0.3, -0.25) is 0 Å². The monoisotopic (exact) mass is 685 g/mol. The van der Waals surface area contributed by atoms with Crippen LogP contribution in [-0.2, 0) is 5.41 Å². The lowest BCUT2D eigenvalue weighted by atomic mass is 9.80. The standard InChI is InChI=1S/C48H32N4O/c1-48(2)36-20-11-9-18-32(36)33-26-27-39-43(44(33)48)34-19-10-12-21-37(34)52(39)38-22-13-23-40-42(38)35-25-24-31(28-41(35)53-40)47-50-45(29-14-5-3-6-15-29)49-46(51-47)30-16-7-4-8-17-30/h3-28H,1-2H3/i3D,5D,6D,14D,15D. The highest BCUT2D eigenvalue weighted by Crippen LogP contribution is 2.53. The van der Waals surface area contributed by atoms with Crippen molar-refractivity contribution in [2.45, 2.75) is 19.3 Å². The van der Waals surface area contributed by atoms with Crippen LogP contribution in [0.2, 0.25) is 0 Å². The summed E-state index contributed by atoms with van der Waals surface area (Å²) < 4.78 is 51.1. The van der Waals surface area contributed by atoms with E-state index in [9.17, 15) is 0 Å². The number of benzene rings is 7. The van der Waals surface area contributed by atoms with Gasteiger partial charge in [-0.1, -0.05) is 135 Å². The van der Waals surface area contributed by atoms with Crippen LogP contribution in [0.5, 0.6) is 0 Å². The Morgan fingerprint density at radius 3 is 2.13 bits per heavy atom. The fourth-order valence-electron chi connectivity index (χ4n) is 8.42. The second kappa shape index (κ2) is 11.1. The van der Waals surface area contributed by atoms with Crippen LogP contribution in [0.15, 0.2) is 162 Å². The largest absolute Gasteiger partial charge is 0.456 e. The van der Waals surface area contributed by atoms with Crippen molar-refractivity contribution in [1.29, 1.82) is 0 Å². The Balaban J connectivity index is 1.12. The van der Waals surface area contributed by atoms with Gasteiger partial charge in [-0.05, 0) is 58.7 Å². The molecule has 0 bridgehead atoms. The Morgan fingerprint density at radius 2 is 1.28 bits per heavy atom. The molecule has 0 spiro atoms. The molecule has 5 nitrogen and oxygen atoms in total. The van der Waals surface area contributed by atoms with Crippen molar-refractivity contribution in [3.05, 3.63) is 169 Å². The average Bonchev–Trinajstić information content (AvgIpc) is 3.87. The molecule has 0 fully saturated rings. The van der Waals surface area contributed by atoms with Gasteiger partial charge in [0.15, 0.2) is 17.5 Å². The molecule has 1 aliphatic rings. The molecule has 0 saturated carbocycles. The number of aromatic nitrogens is 4. The van der Waals surface area contributed by atoms with Crippen LogP contribution in [0, 0.1) is 0 Å². The first-order valence-corrected chi connectivity index (χ1v) is 17.6. The summed E-state index contributed by atoms with van der Waals surface area (Å²) in [6, 6.07) is 41.1. The second-order valence-corrected chi connectivity index (χ2v) is 14.0. The fraction of sp³-hybridized carbons (Fsp3) is 0.0625. The van der Waals surface area contributed by atoms with E-state index < -0.39 is 18.1 Å². The lowest BCUT2D eigenvalue weighted by Gasteiger charge is -2.22. The van der Waals surface area contributed by atoms with Gasteiger partial charge in [0, 0.05) is 38.3 Å². The summed E-state index contributed by atoms with van der Waals surface area (Å²) in [7, 11) is 0. The number of para-hydroxylation sites is 1. The quantitative estimate of drug-likeness (QED) is 0.185. The normalized spacial score (nSPS) is 14.6. The van der Waals surface area contributed by atoms with Gasteiger partial charge in [0.1, 0.15) is 11.2 Å². The Bertz CT molecular complexity index is 3360. The predicted octanol–water partition coefficient (Wildman–Crippen LogP) is 12.2. The average molecular weight is 686 g/mol. The van der Waals surface area contributed by atoms with Gasteiger partial charge in [-0.25, -0.2) is 15.0 Å². The first kappa shape index (κ1) is 25.2. The highest BCUT2D eigenvalue weighted by atomic mass is 16.3. The van der Waals surface area contributed by atoms with E-state index in [1.807, 2.05) is 60.7 Å². The van der Waals surface area contributed by atoms with Gasteiger partial charge < -0.3 is 8.98 Å². The molecule has 5 heteroatoms. The van der Waals surface area contributed by atoms with Gasteiger partial charge in [0.2, 0.25) is 0 Å². The first-order valence-electron chi connectivity index (χ1n) is 20.1. The lowest BCUT2D eigenvalue weighted by molar-refractivity contribution is 0.666. The Hall–Kier alpha value is -6.85. The minimum absolute atomic E-state index is 0.0167. The van der Waals surface area contributed by atoms with Gasteiger partial charge in [0.25, 0.3) is 0 Å². The van der Waals surface area contributed by atoms with Crippen molar-refractivity contribution in [1.82, 2.24) is 19.5 Å². The highest BCUT2D eigenvalue weighted by molar-refractivity contribution is 6.17. The minimum Gasteiger partial charge on any atom is -0.456 e. The third kappa shape index (κ3) is 4.34. The molecule has 250 valence electrons. The molecule has 7 aromatic carbocycles. The number of hydrogen-bond donors (Lipinski definition) is 0. The highest BCUT2D eigenvalue weighted by Gasteiger charge is 2.38. The molecule has 0 radical (unpaired) electrons. The molecular formula is C48H32N4O. The zero-order valence-corrected chi connectivity index (χ0v) is 28.8. The molecule has 3 heterocycles. The summed E-state index contributed by atoms with van der Waals surface area (Å²) in [6.45, 7) is 4.65. The molecule has 3 aromatic heterocycles. The molecule has 0 atom stereocenters. The van der Waals surface area contributed by atoms with Crippen molar-refractivity contribution in [2.75, 3.05) is 0 Å². The maximum Gasteiger partial charge on any atom is 0.164 e. The van der Waals surface area contributed by atoms with Crippen molar-refractivity contribution < 1.29 is 11.3 Å². The van der Waals surface area contributed by atoms with Crippen LogP contribution in [0.3, 0.4) is 0 Å². The molecule has 0 amide bonds. The van der Waals surface area contributed by atoms with E-state index >= 15 is 0 Å². The first-order chi connectivity index (χ1) is 28.1. The molecule has 0 aliphatic heterocycles. The van der Waals surface area contributed by atoms with Crippen LogP contribution in [0.4, 0.5) is 0 Å². The van der Waals surface area contributed by atoms with Crippen molar-refractivity contribution in [2.24, 2.45) is 0 Å². The van der Waals surface area contributed by atoms with Crippen molar-refractivity contribution in [3.63, 3.8) is 0 Å². The van der Waals surface area contributed by atoms with Crippen LogP contribution < -0.4 is 0 Å². The van der Waals surface area contributed by atoms with E-state index in [-0.39, 0.29) is 34.7 Å². The molecule has 0 N–H and O–H groups in total. The summed E-state index contributed by atoms with van der Waals surface area (Å²) in [4.78, 5) is 14.2. The van der Waals surface area contributed by atoms with Gasteiger partial charge in [-0.15, -0.1) is 0 Å². The molecule has 0 saturated heterocycles. The molecule has 1 aliphatic carbocycles. The molecular weight excluding hydrogens is 649 g/mol. The third-order valence-electron chi connectivity index (χ3n) is 10.7.